The third kappa shape index (κ3) is 2.68. The average Bonchev–Trinajstić information content (AvgIpc) is 2.92. The molecule has 3 heteroatoms. The first-order chi connectivity index (χ1) is 10.1. The van der Waals surface area contributed by atoms with Crippen molar-refractivity contribution in [2.24, 2.45) is 5.73 Å². The van der Waals surface area contributed by atoms with Crippen LogP contribution in [-0.4, -0.2) is 12.4 Å². The van der Waals surface area contributed by atoms with Crippen LogP contribution in [0, 0.1) is 13.8 Å². The predicted molar refractivity (Wildman–Crippen MR) is 89.2 cm³/mol. The number of ether oxygens (including phenoxy) is 1. The monoisotopic (exact) mass is 299 g/mol. The SMILES string of the molecule is COc1cc(C)c(C(N)C2Cc3ccccc3S2)cc1C. The highest BCUT2D eigenvalue weighted by Gasteiger charge is 2.29. The van der Waals surface area contributed by atoms with E-state index in [1.54, 1.807) is 7.11 Å². The number of hydrogen-bond donors (Lipinski definition) is 1. The van der Waals surface area contributed by atoms with Gasteiger partial charge in [0.25, 0.3) is 0 Å². The first-order valence-corrected chi connectivity index (χ1v) is 8.13. The van der Waals surface area contributed by atoms with Crippen molar-refractivity contribution in [2.75, 3.05) is 7.11 Å². The third-order valence-corrected chi connectivity index (χ3v) is 5.63. The fraction of sp³-hybridized carbons (Fsp3) is 0.333. The normalized spacial score (nSPS) is 18.4. The van der Waals surface area contributed by atoms with Crippen LogP contribution >= 0.6 is 11.8 Å². The number of hydrogen-bond acceptors (Lipinski definition) is 3. The Bertz CT molecular complexity index is 643. The molecule has 1 aliphatic heterocycles. The van der Waals surface area contributed by atoms with E-state index in [-0.39, 0.29) is 6.04 Å². The molecule has 2 nitrogen and oxygen atoms in total. The second kappa shape index (κ2) is 5.74. The molecular weight excluding hydrogens is 278 g/mol. The van der Waals surface area contributed by atoms with Gasteiger partial charge in [0.2, 0.25) is 0 Å². The molecule has 2 aromatic rings. The van der Waals surface area contributed by atoms with E-state index >= 15 is 0 Å². The van der Waals surface area contributed by atoms with Gasteiger partial charge < -0.3 is 10.5 Å². The second-order valence-electron chi connectivity index (χ2n) is 5.67. The summed E-state index contributed by atoms with van der Waals surface area (Å²) in [6, 6.07) is 12.9. The molecule has 1 heterocycles. The largest absolute Gasteiger partial charge is 0.496 e. The van der Waals surface area contributed by atoms with Gasteiger partial charge in [-0.15, -0.1) is 11.8 Å². The molecule has 1 aliphatic rings. The first kappa shape index (κ1) is 14.5. The number of methoxy groups -OCH3 is 1. The third-order valence-electron chi connectivity index (χ3n) is 4.22. The maximum Gasteiger partial charge on any atom is 0.122 e. The lowest BCUT2D eigenvalue weighted by atomic mass is 9.94. The molecule has 0 spiro atoms. The van der Waals surface area contributed by atoms with E-state index in [0.717, 1.165) is 17.7 Å². The summed E-state index contributed by atoms with van der Waals surface area (Å²) < 4.78 is 5.39. The Hall–Kier alpha value is -1.45. The van der Waals surface area contributed by atoms with E-state index in [1.165, 1.54) is 21.6 Å². The van der Waals surface area contributed by atoms with Gasteiger partial charge in [-0.25, -0.2) is 0 Å². The Morgan fingerprint density at radius 2 is 1.95 bits per heavy atom. The second-order valence-corrected chi connectivity index (χ2v) is 6.95. The Kier molecular flexibility index (Phi) is 3.96. The molecule has 0 bridgehead atoms. The highest BCUT2D eigenvalue weighted by Crippen LogP contribution is 2.42. The molecule has 0 saturated carbocycles. The molecule has 2 unspecified atom stereocenters. The molecule has 3 rings (SSSR count). The number of thioether (sulfide) groups is 1. The van der Waals surface area contributed by atoms with E-state index in [2.05, 4.69) is 50.2 Å². The maximum absolute atomic E-state index is 6.58. The van der Waals surface area contributed by atoms with Crippen molar-refractivity contribution in [2.45, 2.75) is 36.5 Å². The molecule has 2 atom stereocenters. The maximum atomic E-state index is 6.58. The van der Waals surface area contributed by atoms with E-state index in [4.69, 9.17) is 10.5 Å². The van der Waals surface area contributed by atoms with Gasteiger partial charge in [0.1, 0.15) is 5.75 Å². The molecule has 0 aromatic heterocycles. The van der Waals surface area contributed by atoms with Gasteiger partial charge >= 0.3 is 0 Å². The summed E-state index contributed by atoms with van der Waals surface area (Å²) in [6.07, 6.45) is 1.05. The molecule has 0 aliphatic carbocycles. The van der Waals surface area contributed by atoms with Crippen molar-refractivity contribution >= 4 is 11.8 Å². The van der Waals surface area contributed by atoms with Gasteiger partial charge in [-0.1, -0.05) is 24.3 Å². The van der Waals surface area contributed by atoms with Crippen LogP contribution in [0.3, 0.4) is 0 Å². The minimum Gasteiger partial charge on any atom is -0.496 e. The average molecular weight is 299 g/mol. The minimum atomic E-state index is 0.0482. The van der Waals surface area contributed by atoms with Crippen molar-refractivity contribution in [3.8, 4) is 5.75 Å². The lowest BCUT2D eigenvalue weighted by Gasteiger charge is -2.22. The summed E-state index contributed by atoms with van der Waals surface area (Å²) in [6.45, 7) is 4.19. The van der Waals surface area contributed by atoms with Crippen LogP contribution in [0.5, 0.6) is 5.75 Å². The molecule has 2 N–H and O–H groups in total. The molecule has 2 aromatic carbocycles. The number of rotatable bonds is 3. The van der Waals surface area contributed by atoms with E-state index in [0.29, 0.717) is 5.25 Å². The van der Waals surface area contributed by atoms with Gasteiger partial charge in [-0.3, -0.25) is 0 Å². The van der Waals surface area contributed by atoms with Crippen LogP contribution in [0.2, 0.25) is 0 Å². The first-order valence-electron chi connectivity index (χ1n) is 7.25. The van der Waals surface area contributed by atoms with Crippen LogP contribution in [0.15, 0.2) is 41.3 Å². The van der Waals surface area contributed by atoms with Crippen LogP contribution < -0.4 is 10.5 Å². The lowest BCUT2D eigenvalue weighted by Crippen LogP contribution is -2.24. The summed E-state index contributed by atoms with van der Waals surface area (Å²) in [5.74, 6) is 0.936. The highest BCUT2D eigenvalue weighted by molar-refractivity contribution is 8.00. The summed E-state index contributed by atoms with van der Waals surface area (Å²) in [7, 11) is 1.71. The number of nitrogens with two attached hydrogens (primary N) is 1. The van der Waals surface area contributed by atoms with Crippen molar-refractivity contribution < 1.29 is 4.74 Å². The van der Waals surface area contributed by atoms with Gasteiger partial charge in [-0.2, -0.15) is 0 Å². The Balaban J connectivity index is 1.87. The van der Waals surface area contributed by atoms with Crippen molar-refractivity contribution in [1.82, 2.24) is 0 Å². The standard InChI is InChI=1S/C18H21NOS/c1-11-9-15(20-3)12(2)8-14(11)18(19)17-10-13-6-4-5-7-16(13)21-17/h4-9,17-18H,10,19H2,1-3H3. The Labute approximate surface area is 130 Å². The smallest absolute Gasteiger partial charge is 0.122 e. The Morgan fingerprint density at radius 1 is 1.19 bits per heavy atom. The topological polar surface area (TPSA) is 35.2 Å². The van der Waals surface area contributed by atoms with Gasteiger partial charge in [0, 0.05) is 16.2 Å². The predicted octanol–water partition coefficient (Wildman–Crippen LogP) is 4.03. The van der Waals surface area contributed by atoms with Crippen molar-refractivity contribution in [3.05, 3.63) is 58.7 Å². The fourth-order valence-electron chi connectivity index (χ4n) is 3.00. The van der Waals surface area contributed by atoms with Crippen LogP contribution in [0.25, 0.3) is 0 Å². The van der Waals surface area contributed by atoms with Gasteiger partial charge in [-0.05, 0) is 54.7 Å². The van der Waals surface area contributed by atoms with E-state index < -0.39 is 0 Å². The van der Waals surface area contributed by atoms with E-state index in [1.807, 2.05) is 11.8 Å². The van der Waals surface area contributed by atoms with Gasteiger partial charge in [0.15, 0.2) is 0 Å². The van der Waals surface area contributed by atoms with Crippen LogP contribution in [-0.2, 0) is 6.42 Å². The summed E-state index contributed by atoms with van der Waals surface area (Å²) in [5, 5.41) is 0.411. The highest BCUT2D eigenvalue weighted by atomic mass is 32.2. The summed E-state index contributed by atoms with van der Waals surface area (Å²) in [5.41, 5.74) is 11.6. The molecule has 0 saturated heterocycles. The van der Waals surface area contributed by atoms with Crippen LogP contribution in [0.1, 0.15) is 28.3 Å². The number of fused-ring (bicyclic) bond motifs is 1. The van der Waals surface area contributed by atoms with E-state index in [9.17, 15) is 0 Å². The summed E-state index contributed by atoms with van der Waals surface area (Å²) in [4.78, 5) is 1.38. The van der Waals surface area contributed by atoms with Crippen molar-refractivity contribution in [1.29, 1.82) is 0 Å². The summed E-state index contributed by atoms with van der Waals surface area (Å²) >= 11 is 1.91. The fourth-order valence-corrected chi connectivity index (χ4v) is 4.34. The molecule has 21 heavy (non-hydrogen) atoms. The Morgan fingerprint density at radius 3 is 2.67 bits per heavy atom. The molecule has 0 radical (unpaired) electrons. The molecule has 0 fully saturated rings. The lowest BCUT2D eigenvalue weighted by molar-refractivity contribution is 0.411. The minimum absolute atomic E-state index is 0.0482. The zero-order valence-electron chi connectivity index (χ0n) is 12.7. The molecule has 110 valence electrons. The molecule has 0 amide bonds. The number of benzene rings is 2. The number of aryl methyl sites for hydroxylation is 2. The van der Waals surface area contributed by atoms with Crippen LogP contribution in [0.4, 0.5) is 0 Å². The zero-order chi connectivity index (χ0) is 15.0. The van der Waals surface area contributed by atoms with Crippen molar-refractivity contribution in [3.63, 3.8) is 0 Å². The zero-order valence-corrected chi connectivity index (χ0v) is 13.5. The van der Waals surface area contributed by atoms with Gasteiger partial charge in [0.05, 0.1) is 7.11 Å². The molecular formula is C18H21NOS. The quantitative estimate of drug-likeness (QED) is 0.929.